The summed E-state index contributed by atoms with van der Waals surface area (Å²) in [5.74, 6) is 0. The summed E-state index contributed by atoms with van der Waals surface area (Å²) in [6, 6.07) is 4.91. The number of benzene rings is 1. The predicted octanol–water partition coefficient (Wildman–Crippen LogP) is 1.95. The summed E-state index contributed by atoms with van der Waals surface area (Å²) in [5, 5.41) is 0. The zero-order valence-electron chi connectivity index (χ0n) is 12.3. The number of nitrogens with two attached hydrogens (primary N) is 1. The van der Waals surface area contributed by atoms with Crippen LogP contribution in [-0.2, 0) is 10.0 Å². The highest BCUT2D eigenvalue weighted by Crippen LogP contribution is 2.37. The topological polar surface area (TPSA) is 75.4 Å². The van der Waals surface area contributed by atoms with Gasteiger partial charge in [-0.3, -0.25) is 0 Å². The van der Waals surface area contributed by atoms with Crippen LogP contribution < -0.4 is 15.4 Å². The summed E-state index contributed by atoms with van der Waals surface area (Å²) in [6.45, 7) is 7.36. The van der Waals surface area contributed by atoms with Gasteiger partial charge in [-0.15, -0.1) is 0 Å². The molecule has 1 heterocycles. The standard InChI is InChI=1S/C14H23N3O2S/c1-4-16-20(18,19)11-6-7-12(15)13(10-11)17-9-5-8-14(17,2)3/h6-7,10,16H,4-5,8-9,15H2,1-3H3. The minimum Gasteiger partial charge on any atom is -0.397 e. The molecule has 1 fully saturated rings. The first-order valence-corrected chi connectivity index (χ1v) is 8.43. The lowest BCUT2D eigenvalue weighted by molar-refractivity contribution is 0.518. The Kier molecular flexibility index (Phi) is 3.97. The molecule has 5 nitrogen and oxygen atoms in total. The van der Waals surface area contributed by atoms with Gasteiger partial charge < -0.3 is 10.6 Å². The number of sulfonamides is 1. The molecule has 1 aliphatic rings. The Morgan fingerprint density at radius 3 is 2.65 bits per heavy atom. The Hall–Kier alpha value is -1.27. The van der Waals surface area contributed by atoms with Crippen LogP contribution in [0.4, 0.5) is 11.4 Å². The Morgan fingerprint density at radius 1 is 1.40 bits per heavy atom. The fourth-order valence-corrected chi connectivity index (χ4v) is 3.81. The normalized spacial score (nSPS) is 18.4. The SMILES string of the molecule is CCNS(=O)(=O)c1ccc(N)c(N2CCCC2(C)C)c1. The van der Waals surface area contributed by atoms with Gasteiger partial charge in [0.2, 0.25) is 10.0 Å². The average molecular weight is 297 g/mol. The molecule has 0 aromatic heterocycles. The number of nitrogens with one attached hydrogen (secondary N) is 1. The fourth-order valence-electron chi connectivity index (χ4n) is 2.75. The minimum absolute atomic E-state index is 0.00862. The molecule has 2 rings (SSSR count). The first-order chi connectivity index (χ1) is 9.28. The van der Waals surface area contributed by atoms with Crippen LogP contribution in [0.5, 0.6) is 0 Å². The molecule has 1 aromatic rings. The van der Waals surface area contributed by atoms with Crippen molar-refractivity contribution in [1.29, 1.82) is 0 Å². The second-order valence-corrected chi connectivity index (χ2v) is 7.56. The second kappa shape index (κ2) is 5.26. The maximum atomic E-state index is 12.1. The van der Waals surface area contributed by atoms with E-state index in [0.29, 0.717) is 12.2 Å². The zero-order chi connectivity index (χ0) is 15.0. The van der Waals surface area contributed by atoms with E-state index in [1.165, 1.54) is 0 Å². The van der Waals surface area contributed by atoms with Crippen LogP contribution in [0.3, 0.4) is 0 Å². The molecule has 0 bridgehead atoms. The van der Waals surface area contributed by atoms with Crippen molar-refractivity contribution in [3.8, 4) is 0 Å². The summed E-state index contributed by atoms with van der Waals surface area (Å²) < 4.78 is 26.7. The minimum atomic E-state index is -3.45. The largest absolute Gasteiger partial charge is 0.397 e. The maximum Gasteiger partial charge on any atom is 0.240 e. The van der Waals surface area contributed by atoms with E-state index >= 15 is 0 Å². The van der Waals surface area contributed by atoms with E-state index < -0.39 is 10.0 Å². The number of anilines is 2. The Balaban J connectivity index is 2.45. The quantitative estimate of drug-likeness (QED) is 0.833. The van der Waals surface area contributed by atoms with Crippen molar-refractivity contribution in [2.75, 3.05) is 23.7 Å². The van der Waals surface area contributed by atoms with Gasteiger partial charge in [0.05, 0.1) is 16.3 Å². The summed E-state index contributed by atoms with van der Waals surface area (Å²) >= 11 is 0. The van der Waals surface area contributed by atoms with E-state index in [2.05, 4.69) is 23.5 Å². The monoisotopic (exact) mass is 297 g/mol. The first-order valence-electron chi connectivity index (χ1n) is 6.95. The molecule has 0 amide bonds. The molecule has 0 unspecified atom stereocenters. The van der Waals surface area contributed by atoms with Crippen molar-refractivity contribution in [2.24, 2.45) is 0 Å². The predicted molar refractivity (Wildman–Crippen MR) is 82.4 cm³/mol. The molecule has 20 heavy (non-hydrogen) atoms. The van der Waals surface area contributed by atoms with Crippen LogP contribution in [0.2, 0.25) is 0 Å². The van der Waals surface area contributed by atoms with Crippen LogP contribution in [0.1, 0.15) is 33.6 Å². The van der Waals surface area contributed by atoms with Crippen LogP contribution in [-0.4, -0.2) is 27.0 Å². The van der Waals surface area contributed by atoms with E-state index in [1.807, 2.05) is 0 Å². The number of hydrogen-bond donors (Lipinski definition) is 2. The van der Waals surface area contributed by atoms with Gasteiger partial charge in [-0.05, 0) is 44.9 Å². The molecule has 1 aliphatic heterocycles. The van der Waals surface area contributed by atoms with Crippen LogP contribution in [0.15, 0.2) is 23.1 Å². The average Bonchev–Trinajstić information content (AvgIpc) is 2.69. The number of hydrogen-bond acceptors (Lipinski definition) is 4. The Labute approximate surface area is 121 Å². The van der Waals surface area contributed by atoms with Crippen molar-refractivity contribution < 1.29 is 8.42 Å². The van der Waals surface area contributed by atoms with Gasteiger partial charge in [-0.2, -0.15) is 0 Å². The molecule has 112 valence electrons. The van der Waals surface area contributed by atoms with Gasteiger partial charge in [-0.25, -0.2) is 13.1 Å². The molecule has 1 aromatic carbocycles. The molecule has 0 aliphatic carbocycles. The number of nitrogen functional groups attached to an aromatic ring is 1. The van der Waals surface area contributed by atoms with Crippen LogP contribution in [0, 0.1) is 0 Å². The van der Waals surface area contributed by atoms with Gasteiger partial charge in [0.25, 0.3) is 0 Å². The number of rotatable bonds is 4. The molecule has 0 atom stereocenters. The van der Waals surface area contributed by atoms with Crippen molar-refractivity contribution in [2.45, 2.75) is 44.0 Å². The first kappa shape index (κ1) is 15.1. The molecule has 3 N–H and O–H groups in total. The van der Waals surface area contributed by atoms with Gasteiger partial charge in [0.15, 0.2) is 0 Å². The van der Waals surface area contributed by atoms with Crippen LogP contribution >= 0.6 is 0 Å². The van der Waals surface area contributed by atoms with Gasteiger partial charge >= 0.3 is 0 Å². The highest BCUT2D eigenvalue weighted by Gasteiger charge is 2.33. The van der Waals surface area contributed by atoms with E-state index in [9.17, 15) is 8.42 Å². The van der Waals surface area contributed by atoms with Crippen molar-refractivity contribution in [3.63, 3.8) is 0 Å². The highest BCUT2D eigenvalue weighted by atomic mass is 32.2. The summed E-state index contributed by atoms with van der Waals surface area (Å²) in [4.78, 5) is 2.47. The maximum absolute atomic E-state index is 12.1. The van der Waals surface area contributed by atoms with Crippen LogP contribution in [0.25, 0.3) is 0 Å². The third-order valence-electron chi connectivity index (χ3n) is 3.84. The molecule has 0 spiro atoms. The molecule has 0 saturated carbocycles. The molecule has 6 heteroatoms. The van der Waals surface area contributed by atoms with E-state index in [4.69, 9.17) is 5.73 Å². The van der Waals surface area contributed by atoms with E-state index in [-0.39, 0.29) is 10.4 Å². The molecule has 1 saturated heterocycles. The summed E-state index contributed by atoms with van der Waals surface area (Å²) in [7, 11) is -3.45. The van der Waals surface area contributed by atoms with Gasteiger partial charge in [0, 0.05) is 18.6 Å². The van der Waals surface area contributed by atoms with E-state index in [0.717, 1.165) is 25.1 Å². The summed E-state index contributed by atoms with van der Waals surface area (Å²) in [5.41, 5.74) is 7.49. The third kappa shape index (κ3) is 2.76. The lowest BCUT2D eigenvalue weighted by atomic mass is 10.0. The number of nitrogens with zero attached hydrogens (tertiary/aromatic N) is 1. The Morgan fingerprint density at radius 2 is 2.10 bits per heavy atom. The van der Waals surface area contributed by atoms with Crippen molar-refractivity contribution in [1.82, 2.24) is 4.72 Å². The second-order valence-electron chi connectivity index (χ2n) is 5.79. The van der Waals surface area contributed by atoms with Crippen molar-refractivity contribution >= 4 is 21.4 Å². The highest BCUT2D eigenvalue weighted by molar-refractivity contribution is 7.89. The lowest BCUT2D eigenvalue weighted by Crippen LogP contribution is -2.38. The lowest BCUT2D eigenvalue weighted by Gasteiger charge is -2.34. The Bertz CT molecular complexity index is 596. The fraction of sp³-hybridized carbons (Fsp3) is 0.571. The van der Waals surface area contributed by atoms with Gasteiger partial charge in [-0.1, -0.05) is 6.92 Å². The molecule has 0 radical (unpaired) electrons. The van der Waals surface area contributed by atoms with E-state index in [1.54, 1.807) is 25.1 Å². The van der Waals surface area contributed by atoms with Gasteiger partial charge in [0.1, 0.15) is 0 Å². The third-order valence-corrected chi connectivity index (χ3v) is 5.38. The van der Waals surface area contributed by atoms with Crippen molar-refractivity contribution in [3.05, 3.63) is 18.2 Å². The molecular formula is C14H23N3O2S. The zero-order valence-corrected chi connectivity index (χ0v) is 13.1. The molecular weight excluding hydrogens is 274 g/mol. The smallest absolute Gasteiger partial charge is 0.240 e. The summed E-state index contributed by atoms with van der Waals surface area (Å²) in [6.07, 6.45) is 2.17.